The summed E-state index contributed by atoms with van der Waals surface area (Å²) in [6.45, 7) is 8.21. The molecule has 0 fully saturated rings. The molecule has 0 heterocycles. The van der Waals surface area contributed by atoms with E-state index >= 15 is 0 Å². The van der Waals surface area contributed by atoms with E-state index in [1.54, 1.807) is 42.5 Å². The number of carbonyl (C=O) groups excluding carboxylic acids is 3. The molecule has 1 unspecified atom stereocenters. The zero-order chi connectivity index (χ0) is 34.0. The fraction of sp³-hybridized carbons (Fsp3) is 0.146. The van der Waals surface area contributed by atoms with Gasteiger partial charge in [-0.2, -0.15) is 0 Å². The smallest absolute Gasteiger partial charge is 0.272 e. The first-order valence-corrected chi connectivity index (χ1v) is 16.7. The van der Waals surface area contributed by atoms with Gasteiger partial charge in [0.15, 0.2) is 0 Å². The Morgan fingerprint density at radius 2 is 1.25 bits per heavy atom. The monoisotopic (exact) mass is 653 g/mol. The van der Waals surface area contributed by atoms with Gasteiger partial charge in [-0.3, -0.25) is 14.4 Å². The fourth-order valence-electron chi connectivity index (χ4n) is 5.14. The summed E-state index contributed by atoms with van der Waals surface area (Å²) >= 11 is 1.43. The van der Waals surface area contributed by atoms with E-state index in [-0.39, 0.29) is 17.5 Å². The van der Waals surface area contributed by atoms with Crippen LogP contribution in [0.25, 0.3) is 6.08 Å². The number of carbonyl (C=O) groups is 3. The minimum absolute atomic E-state index is 0.118. The number of amides is 3. The summed E-state index contributed by atoms with van der Waals surface area (Å²) < 4.78 is 0. The van der Waals surface area contributed by atoms with E-state index in [9.17, 15) is 14.4 Å². The Balaban J connectivity index is 1.34. The van der Waals surface area contributed by atoms with Gasteiger partial charge in [-0.05, 0) is 90.1 Å². The molecular weight excluding hydrogens is 615 g/mol. The lowest BCUT2D eigenvalue weighted by atomic mass is 10.0. The predicted octanol–water partition coefficient (Wildman–Crippen LogP) is 9.31. The van der Waals surface area contributed by atoms with Gasteiger partial charge < -0.3 is 16.0 Å². The Bertz CT molecular complexity index is 1880. The molecule has 0 aliphatic rings. The third kappa shape index (κ3) is 8.90. The van der Waals surface area contributed by atoms with Crippen molar-refractivity contribution in [3.8, 4) is 0 Å². The molecule has 5 aromatic carbocycles. The lowest BCUT2D eigenvalue weighted by Crippen LogP contribution is -2.30. The molecule has 3 N–H and O–H groups in total. The average Bonchev–Trinajstić information content (AvgIpc) is 3.10. The summed E-state index contributed by atoms with van der Waals surface area (Å²) in [6.07, 6.45) is 1.67. The van der Waals surface area contributed by atoms with E-state index in [1.165, 1.54) is 17.3 Å². The second-order valence-electron chi connectivity index (χ2n) is 11.8. The molecule has 0 saturated carbocycles. The Kier molecular flexibility index (Phi) is 11.3. The summed E-state index contributed by atoms with van der Waals surface area (Å²) in [5.74, 6) is -0.581. The van der Waals surface area contributed by atoms with Crippen LogP contribution in [-0.4, -0.2) is 17.7 Å². The first kappa shape index (κ1) is 33.9. The van der Waals surface area contributed by atoms with Crippen LogP contribution < -0.4 is 16.0 Å². The lowest BCUT2D eigenvalue weighted by Gasteiger charge is -2.19. The zero-order valence-corrected chi connectivity index (χ0v) is 28.3. The maximum Gasteiger partial charge on any atom is 0.272 e. The molecule has 0 aromatic heterocycles. The van der Waals surface area contributed by atoms with Crippen molar-refractivity contribution >= 4 is 46.9 Å². The Hall–Kier alpha value is -5.40. The third-order valence-electron chi connectivity index (χ3n) is 7.88. The van der Waals surface area contributed by atoms with E-state index in [4.69, 9.17) is 0 Å². The quantitative estimate of drug-likeness (QED) is 0.0980. The van der Waals surface area contributed by atoms with Gasteiger partial charge in [0, 0.05) is 21.8 Å². The highest BCUT2D eigenvalue weighted by molar-refractivity contribution is 8.00. The van der Waals surface area contributed by atoms with Crippen molar-refractivity contribution in [1.82, 2.24) is 5.32 Å². The van der Waals surface area contributed by atoms with Crippen molar-refractivity contribution in [3.63, 3.8) is 0 Å². The maximum absolute atomic E-state index is 13.7. The summed E-state index contributed by atoms with van der Waals surface area (Å²) in [5.41, 5.74) is 6.79. The molecule has 1 atom stereocenters. The van der Waals surface area contributed by atoms with E-state index in [0.717, 1.165) is 32.8 Å². The van der Waals surface area contributed by atoms with Gasteiger partial charge in [0.2, 0.25) is 5.91 Å². The van der Waals surface area contributed by atoms with E-state index in [2.05, 4.69) is 29.8 Å². The molecule has 0 aliphatic carbocycles. The molecule has 6 nitrogen and oxygen atoms in total. The summed E-state index contributed by atoms with van der Waals surface area (Å²) in [6, 6.07) is 39.6. The lowest BCUT2D eigenvalue weighted by molar-refractivity contribution is -0.116. The predicted molar refractivity (Wildman–Crippen MR) is 197 cm³/mol. The van der Waals surface area contributed by atoms with Gasteiger partial charge in [0.05, 0.1) is 0 Å². The molecule has 5 aromatic rings. The maximum atomic E-state index is 13.7. The van der Waals surface area contributed by atoms with Crippen molar-refractivity contribution in [2.45, 2.75) is 43.8 Å². The molecule has 48 heavy (non-hydrogen) atoms. The third-order valence-corrected chi connectivity index (χ3v) is 9.15. The number of para-hydroxylation sites is 1. The van der Waals surface area contributed by atoms with Crippen LogP contribution in [0, 0.1) is 13.8 Å². The fourth-order valence-corrected chi connectivity index (χ4v) is 6.16. The molecule has 3 amide bonds. The van der Waals surface area contributed by atoms with Crippen molar-refractivity contribution in [2.24, 2.45) is 0 Å². The molecule has 242 valence electrons. The first-order valence-electron chi connectivity index (χ1n) is 15.9. The summed E-state index contributed by atoms with van der Waals surface area (Å²) in [7, 11) is 0. The number of hydrogen-bond acceptors (Lipinski definition) is 4. The summed E-state index contributed by atoms with van der Waals surface area (Å²) in [4.78, 5) is 41.2. The second kappa shape index (κ2) is 15.9. The van der Waals surface area contributed by atoms with Gasteiger partial charge >= 0.3 is 0 Å². The highest BCUT2D eigenvalue weighted by Crippen LogP contribution is 2.37. The van der Waals surface area contributed by atoms with Crippen molar-refractivity contribution in [3.05, 3.63) is 166 Å². The molecule has 0 aliphatic heterocycles. The van der Waals surface area contributed by atoms with Crippen LogP contribution in [0.5, 0.6) is 0 Å². The standard InChI is InChI=1S/C41H39N3O3S/c1-27(2)31-20-18-30(19-21-31)26-36(43-39(45)33-16-9-6-10-17-33)40(46)42-34-22-24-35(25-23-34)48-38(32-14-7-5-8-15-32)41(47)44-37-28(3)12-11-13-29(37)4/h5-27,38H,1-4H3,(H,42,46)(H,43,45)(H,44,47)/b36-26-. The van der Waals surface area contributed by atoms with Gasteiger partial charge in [0.1, 0.15) is 10.9 Å². The minimum Gasteiger partial charge on any atom is -0.324 e. The number of thioether (sulfide) groups is 1. The van der Waals surface area contributed by atoms with Gasteiger partial charge in [-0.1, -0.05) is 105 Å². The number of hydrogen-bond donors (Lipinski definition) is 3. The Morgan fingerprint density at radius 3 is 1.85 bits per heavy atom. The highest BCUT2D eigenvalue weighted by Gasteiger charge is 2.23. The number of anilines is 2. The van der Waals surface area contributed by atoms with Gasteiger partial charge in [0.25, 0.3) is 11.8 Å². The first-order chi connectivity index (χ1) is 23.2. The highest BCUT2D eigenvalue weighted by atomic mass is 32.2. The number of benzene rings is 5. The van der Waals surface area contributed by atoms with E-state index in [0.29, 0.717) is 17.2 Å². The molecule has 0 radical (unpaired) electrons. The van der Waals surface area contributed by atoms with Gasteiger partial charge in [-0.15, -0.1) is 11.8 Å². The molecule has 5 rings (SSSR count). The van der Waals surface area contributed by atoms with Crippen LogP contribution in [0.2, 0.25) is 0 Å². The molecule has 0 bridgehead atoms. The van der Waals surface area contributed by atoms with Crippen LogP contribution in [0.1, 0.15) is 63.2 Å². The van der Waals surface area contributed by atoms with E-state index < -0.39 is 11.2 Å². The van der Waals surface area contributed by atoms with Crippen LogP contribution in [0.15, 0.2) is 138 Å². The summed E-state index contributed by atoms with van der Waals surface area (Å²) in [5, 5.41) is 8.36. The molecular formula is C41H39N3O3S. The van der Waals surface area contributed by atoms with Crippen molar-refractivity contribution in [1.29, 1.82) is 0 Å². The number of nitrogens with one attached hydrogen (secondary N) is 3. The number of rotatable bonds is 11. The molecule has 0 spiro atoms. The topological polar surface area (TPSA) is 87.3 Å². The zero-order valence-electron chi connectivity index (χ0n) is 27.5. The van der Waals surface area contributed by atoms with Crippen LogP contribution in [-0.2, 0) is 9.59 Å². The van der Waals surface area contributed by atoms with Gasteiger partial charge in [-0.25, -0.2) is 0 Å². The largest absolute Gasteiger partial charge is 0.324 e. The van der Waals surface area contributed by atoms with Crippen molar-refractivity contribution in [2.75, 3.05) is 10.6 Å². The van der Waals surface area contributed by atoms with Crippen LogP contribution in [0.4, 0.5) is 11.4 Å². The Morgan fingerprint density at radius 1 is 0.646 bits per heavy atom. The Labute approximate surface area is 286 Å². The minimum atomic E-state index is -0.504. The van der Waals surface area contributed by atoms with E-state index in [1.807, 2.05) is 105 Å². The molecule has 0 saturated heterocycles. The SMILES string of the molecule is Cc1cccc(C)c1NC(=O)C(Sc1ccc(NC(=O)/C(=C/c2ccc(C(C)C)cc2)NC(=O)c2ccccc2)cc1)c1ccccc1. The second-order valence-corrected chi connectivity index (χ2v) is 13.0. The average molecular weight is 654 g/mol. The molecule has 7 heteroatoms. The van der Waals surface area contributed by atoms with Crippen LogP contribution >= 0.6 is 11.8 Å². The van der Waals surface area contributed by atoms with Crippen LogP contribution in [0.3, 0.4) is 0 Å². The number of aryl methyl sites for hydroxylation is 2. The van der Waals surface area contributed by atoms with Crippen molar-refractivity contribution < 1.29 is 14.4 Å². The normalized spacial score (nSPS) is 11.9.